The van der Waals surface area contributed by atoms with E-state index in [0.29, 0.717) is 0 Å². The maximum absolute atomic E-state index is 10.8. The average molecular weight is 231 g/mol. The van der Waals surface area contributed by atoms with E-state index < -0.39 is 11.9 Å². The number of hydrogen-bond acceptors (Lipinski definition) is 2. The van der Waals surface area contributed by atoms with Crippen molar-refractivity contribution in [2.75, 3.05) is 0 Å². The predicted molar refractivity (Wildman–Crippen MR) is 65.0 cm³/mol. The number of amides is 1. The van der Waals surface area contributed by atoms with Crippen LogP contribution in [0.5, 0.6) is 0 Å². The molecule has 0 aliphatic rings. The van der Waals surface area contributed by atoms with Crippen LogP contribution in [0.3, 0.4) is 0 Å². The van der Waals surface area contributed by atoms with E-state index in [9.17, 15) is 9.59 Å². The van der Waals surface area contributed by atoms with Gasteiger partial charge in [0.25, 0.3) is 0 Å². The van der Waals surface area contributed by atoms with Gasteiger partial charge in [0.05, 0.1) is 0 Å². The van der Waals surface area contributed by atoms with Crippen molar-refractivity contribution >= 4 is 18.0 Å². The summed E-state index contributed by atoms with van der Waals surface area (Å²) in [5.74, 6) is -1.58. The number of carboxylic acid groups (broad SMARTS) is 1. The van der Waals surface area contributed by atoms with Crippen molar-refractivity contribution in [1.82, 2.24) is 5.32 Å². The van der Waals surface area contributed by atoms with Gasteiger partial charge < -0.3 is 10.4 Å². The largest absolute Gasteiger partial charge is 0.477 e. The minimum absolute atomic E-state index is 0.148. The first-order valence-corrected chi connectivity index (χ1v) is 5.04. The van der Waals surface area contributed by atoms with Crippen LogP contribution in [-0.4, -0.2) is 17.0 Å². The van der Waals surface area contributed by atoms with Crippen molar-refractivity contribution in [3.8, 4) is 0 Å². The number of nitrogens with one attached hydrogen (secondary N) is 1. The third kappa shape index (κ3) is 4.79. The third-order valence-corrected chi connectivity index (χ3v) is 1.89. The van der Waals surface area contributed by atoms with Crippen molar-refractivity contribution in [3.63, 3.8) is 0 Å². The minimum atomic E-state index is -1.17. The van der Waals surface area contributed by atoms with Crippen molar-refractivity contribution in [2.45, 2.75) is 6.92 Å². The molecule has 1 amide bonds. The van der Waals surface area contributed by atoms with Gasteiger partial charge in [0.2, 0.25) is 5.91 Å². The summed E-state index contributed by atoms with van der Waals surface area (Å²) < 4.78 is 0. The first kappa shape index (κ1) is 12.7. The summed E-state index contributed by atoms with van der Waals surface area (Å²) in [5, 5.41) is 11.0. The summed E-state index contributed by atoms with van der Waals surface area (Å²) in [7, 11) is 0. The van der Waals surface area contributed by atoms with E-state index >= 15 is 0 Å². The second kappa shape index (κ2) is 6.27. The summed E-state index contributed by atoms with van der Waals surface area (Å²) >= 11 is 0. The molecule has 0 aliphatic heterocycles. The Kier molecular flexibility index (Phi) is 4.69. The fourth-order valence-electron chi connectivity index (χ4n) is 1.18. The highest BCUT2D eigenvalue weighted by Gasteiger charge is 2.06. The molecule has 0 atom stereocenters. The first-order valence-electron chi connectivity index (χ1n) is 5.04. The summed E-state index contributed by atoms with van der Waals surface area (Å²) in [6.45, 7) is 1.26. The van der Waals surface area contributed by atoms with Gasteiger partial charge in [-0.25, -0.2) is 4.79 Å². The smallest absolute Gasteiger partial charge is 0.352 e. The standard InChI is InChI=1S/C13H13NO3/c1-10(15)14-12(13(16)17)9-5-8-11-6-3-2-4-7-11/h2-9H,1H3,(H,14,15)(H,16,17)/b8-5+,12-9-. The van der Waals surface area contributed by atoms with Gasteiger partial charge in [-0.3, -0.25) is 4.79 Å². The zero-order chi connectivity index (χ0) is 12.7. The number of aliphatic carboxylic acids is 1. The van der Waals surface area contributed by atoms with Gasteiger partial charge in [-0.2, -0.15) is 0 Å². The molecule has 4 heteroatoms. The Balaban J connectivity index is 2.76. The van der Waals surface area contributed by atoms with E-state index in [4.69, 9.17) is 5.11 Å². The maximum atomic E-state index is 10.8. The molecule has 1 aromatic rings. The highest BCUT2D eigenvalue weighted by Crippen LogP contribution is 2.01. The molecule has 1 rings (SSSR count). The van der Waals surface area contributed by atoms with Gasteiger partial charge in [-0.1, -0.05) is 42.5 Å². The molecule has 88 valence electrons. The topological polar surface area (TPSA) is 66.4 Å². The molecule has 4 nitrogen and oxygen atoms in total. The van der Waals surface area contributed by atoms with Crippen LogP contribution in [0.4, 0.5) is 0 Å². The summed E-state index contributed by atoms with van der Waals surface area (Å²) in [5.41, 5.74) is 0.806. The molecule has 1 aromatic carbocycles. The number of benzene rings is 1. The lowest BCUT2D eigenvalue weighted by molar-refractivity contribution is -0.134. The third-order valence-electron chi connectivity index (χ3n) is 1.89. The highest BCUT2D eigenvalue weighted by molar-refractivity contribution is 5.92. The number of allylic oxidation sites excluding steroid dienone is 2. The van der Waals surface area contributed by atoms with E-state index in [-0.39, 0.29) is 5.70 Å². The molecule has 0 spiro atoms. The van der Waals surface area contributed by atoms with Crippen molar-refractivity contribution in [3.05, 3.63) is 53.7 Å². The Bertz CT molecular complexity index is 461. The molecule has 0 heterocycles. The number of carboxylic acids is 1. The zero-order valence-corrected chi connectivity index (χ0v) is 9.38. The summed E-state index contributed by atoms with van der Waals surface area (Å²) in [6.07, 6.45) is 4.68. The Morgan fingerprint density at radius 1 is 1.24 bits per heavy atom. The molecule has 0 saturated carbocycles. The fourth-order valence-corrected chi connectivity index (χ4v) is 1.18. The second-order valence-electron chi connectivity index (χ2n) is 3.34. The van der Waals surface area contributed by atoms with Crippen molar-refractivity contribution in [2.24, 2.45) is 0 Å². The Morgan fingerprint density at radius 3 is 2.41 bits per heavy atom. The number of carbonyl (C=O) groups is 2. The number of rotatable bonds is 4. The normalized spacial score (nSPS) is 11.5. The van der Waals surface area contributed by atoms with Crippen LogP contribution in [0.1, 0.15) is 12.5 Å². The highest BCUT2D eigenvalue weighted by atomic mass is 16.4. The Hall–Kier alpha value is -2.36. The first-order chi connectivity index (χ1) is 8.09. The predicted octanol–water partition coefficient (Wildman–Crippen LogP) is 1.80. The van der Waals surface area contributed by atoms with Crippen LogP contribution >= 0.6 is 0 Å². The van der Waals surface area contributed by atoms with Gasteiger partial charge in [-0.05, 0) is 11.6 Å². The van der Waals surface area contributed by atoms with Crippen LogP contribution in [0.25, 0.3) is 6.08 Å². The summed E-state index contributed by atoms with van der Waals surface area (Å²) in [4.78, 5) is 21.5. The van der Waals surface area contributed by atoms with E-state index in [1.165, 1.54) is 13.0 Å². The lowest BCUT2D eigenvalue weighted by Crippen LogP contribution is -2.24. The molecule has 0 aromatic heterocycles. The lowest BCUT2D eigenvalue weighted by atomic mass is 10.2. The molecule has 0 saturated heterocycles. The van der Waals surface area contributed by atoms with E-state index in [1.807, 2.05) is 30.3 Å². The van der Waals surface area contributed by atoms with Crippen LogP contribution in [0.15, 0.2) is 48.2 Å². The van der Waals surface area contributed by atoms with Gasteiger partial charge >= 0.3 is 5.97 Å². The van der Waals surface area contributed by atoms with Gasteiger partial charge in [-0.15, -0.1) is 0 Å². The zero-order valence-electron chi connectivity index (χ0n) is 9.38. The van der Waals surface area contributed by atoms with Crippen LogP contribution < -0.4 is 5.32 Å². The van der Waals surface area contributed by atoms with Crippen molar-refractivity contribution in [1.29, 1.82) is 0 Å². The molecule has 0 bridgehead atoms. The fraction of sp³-hybridized carbons (Fsp3) is 0.0769. The quantitative estimate of drug-likeness (QED) is 0.613. The Labute approximate surface area is 99.3 Å². The van der Waals surface area contributed by atoms with Crippen LogP contribution in [-0.2, 0) is 9.59 Å². The van der Waals surface area contributed by atoms with Gasteiger partial charge in [0, 0.05) is 6.92 Å². The van der Waals surface area contributed by atoms with E-state index in [0.717, 1.165) is 5.56 Å². The molecule has 2 N–H and O–H groups in total. The minimum Gasteiger partial charge on any atom is -0.477 e. The molecular formula is C13H13NO3. The molecule has 0 unspecified atom stereocenters. The van der Waals surface area contributed by atoms with Crippen LogP contribution in [0.2, 0.25) is 0 Å². The molecule has 17 heavy (non-hydrogen) atoms. The van der Waals surface area contributed by atoms with Crippen LogP contribution in [0, 0.1) is 0 Å². The molecule has 0 fully saturated rings. The van der Waals surface area contributed by atoms with E-state index in [1.54, 1.807) is 12.2 Å². The monoisotopic (exact) mass is 231 g/mol. The van der Waals surface area contributed by atoms with E-state index in [2.05, 4.69) is 5.32 Å². The number of hydrogen-bond donors (Lipinski definition) is 2. The molecule has 0 aliphatic carbocycles. The Morgan fingerprint density at radius 2 is 1.88 bits per heavy atom. The summed E-state index contributed by atoms with van der Waals surface area (Å²) in [6, 6.07) is 9.45. The van der Waals surface area contributed by atoms with Gasteiger partial charge in [0.1, 0.15) is 5.70 Å². The van der Waals surface area contributed by atoms with Gasteiger partial charge in [0.15, 0.2) is 0 Å². The lowest BCUT2D eigenvalue weighted by Gasteiger charge is -2.00. The SMILES string of the molecule is CC(=O)N/C(=C\C=C\c1ccccc1)C(=O)O. The molecule has 0 radical (unpaired) electrons. The second-order valence-corrected chi connectivity index (χ2v) is 3.34. The maximum Gasteiger partial charge on any atom is 0.352 e. The number of carbonyl (C=O) groups excluding carboxylic acids is 1. The molecular weight excluding hydrogens is 218 g/mol. The average Bonchev–Trinajstić information content (AvgIpc) is 2.28. The van der Waals surface area contributed by atoms with Crippen molar-refractivity contribution < 1.29 is 14.7 Å².